The lowest BCUT2D eigenvalue weighted by molar-refractivity contribution is -0.141. The quantitative estimate of drug-likeness (QED) is 0.763. The van der Waals surface area contributed by atoms with Crippen LogP contribution >= 0.6 is 0 Å². The molecule has 1 rings (SSSR count). The number of amides is 1. The molecule has 0 unspecified atom stereocenters. The molecule has 1 atom stereocenters. The Morgan fingerprint density at radius 2 is 1.74 bits per heavy atom. The molecule has 0 saturated heterocycles. The smallest absolute Gasteiger partial charge is 0.325 e. The van der Waals surface area contributed by atoms with Crippen molar-refractivity contribution < 1.29 is 19.5 Å². The van der Waals surface area contributed by atoms with Crippen LogP contribution in [0, 0.1) is 6.92 Å². The molecule has 1 amide bonds. The maximum atomic E-state index is 11.8. The molecule has 2 N–H and O–H groups in total. The van der Waals surface area contributed by atoms with Gasteiger partial charge in [0.05, 0.1) is 0 Å². The van der Waals surface area contributed by atoms with Crippen molar-refractivity contribution in [1.29, 1.82) is 0 Å². The zero-order valence-electron chi connectivity index (χ0n) is 11.0. The van der Waals surface area contributed by atoms with Gasteiger partial charge in [-0.05, 0) is 13.8 Å². The Morgan fingerprint density at radius 3 is 2.26 bits per heavy atom. The normalized spacial score (nSPS) is 11.7. The number of ketones is 1. The molecule has 102 valence electrons. The molecule has 0 aliphatic carbocycles. The summed E-state index contributed by atoms with van der Waals surface area (Å²) in [5.41, 5.74) is 1.62. The van der Waals surface area contributed by atoms with Gasteiger partial charge in [-0.15, -0.1) is 0 Å². The second kappa shape index (κ2) is 6.68. The van der Waals surface area contributed by atoms with Gasteiger partial charge in [-0.3, -0.25) is 14.4 Å². The SMILES string of the molecule is Cc1ccc(C(=O)CCC(=O)N[C@H](C)C(=O)O)cc1. The molecule has 0 bridgehead atoms. The lowest BCUT2D eigenvalue weighted by Crippen LogP contribution is -2.38. The summed E-state index contributed by atoms with van der Waals surface area (Å²) in [6.07, 6.45) is 0.0611. The van der Waals surface area contributed by atoms with Gasteiger partial charge in [0.2, 0.25) is 5.91 Å². The highest BCUT2D eigenvalue weighted by Gasteiger charge is 2.15. The van der Waals surface area contributed by atoms with Crippen molar-refractivity contribution in [3.63, 3.8) is 0 Å². The molecule has 5 heteroatoms. The Labute approximate surface area is 111 Å². The summed E-state index contributed by atoms with van der Waals surface area (Å²) in [6.45, 7) is 3.30. The third kappa shape index (κ3) is 4.91. The van der Waals surface area contributed by atoms with Crippen LogP contribution in [0.5, 0.6) is 0 Å². The van der Waals surface area contributed by atoms with E-state index in [-0.39, 0.29) is 18.6 Å². The Balaban J connectivity index is 2.44. The van der Waals surface area contributed by atoms with Crippen LogP contribution < -0.4 is 5.32 Å². The number of carboxylic acids is 1. The summed E-state index contributed by atoms with van der Waals surface area (Å²) in [5.74, 6) is -1.66. The second-order valence-electron chi connectivity index (χ2n) is 4.42. The van der Waals surface area contributed by atoms with Crippen molar-refractivity contribution in [3.05, 3.63) is 35.4 Å². The molecule has 0 aliphatic heterocycles. The maximum absolute atomic E-state index is 11.8. The number of benzene rings is 1. The fourth-order valence-corrected chi connectivity index (χ4v) is 1.49. The summed E-state index contributed by atoms with van der Waals surface area (Å²) in [7, 11) is 0. The number of nitrogens with one attached hydrogen (secondary N) is 1. The minimum Gasteiger partial charge on any atom is -0.480 e. The van der Waals surface area contributed by atoms with Crippen LogP contribution in [-0.4, -0.2) is 28.8 Å². The molecule has 5 nitrogen and oxygen atoms in total. The summed E-state index contributed by atoms with van der Waals surface area (Å²) < 4.78 is 0. The van der Waals surface area contributed by atoms with Crippen molar-refractivity contribution in [3.8, 4) is 0 Å². The molecule has 0 fully saturated rings. The van der Waals surface area contributed by atoms with E-state index in [0.29, 0.717) is 5.56 Å². The van der Waals surface area contributed by atoms with Gasteiger partial charge in [0.25, 0.3) is 0 Å². The lowest BCUT2D eigenvalue weighted by atomic mass is 10.0. The van der Waals surface area contributed by atoms with E-state index >= 15 is 0 Å². The number of hydrogen-bond acceptors (Lipinski definition) is 3. The van der Waals surface area contributed by atoms with E-state index < -0.39 is 17.9 Å². The van der Waals surface area contributed by atoms with Gasteiger partial charge < -0.3 is 10.4 Å². The first-order valence-corrected chi connectivity index (χ1v) is 6.02. The Bertz CT molecular complexity index is 479. The number of carbonyl (C=O) groups is 3. The van der Waals surface area contributed by atoms with Crippen LogP contribution in [0.1, 0.15) is 35.7 Å². The third-order valence-corrected chi connectivity index (χ3v) is 2.70. The minimum atomic E-state index is -1.10. The first kappa shape index (κ1) is 14.9. The van der Waals surface area contributed by atoms with Crippen LogP contribution in [0.15, 0.2) is 24.3 Å². The summed E-state index contributed by atoms with van der Waals surface area (Å²) in [6, 6.07) is 6.16. The van der Waals surface area contributed by atoms with Gasteiger partial charge in [0.15, 0.2) is 5.78 Å². The Morgan fingerprint density at radius 1 is 1.16 bits per heavy atom. The third-order valence-electron chi connectivity index (χ3n) is 2.70. The highest BCUT2D eigenvalue weighted by molar-refractivity contribution is 5.98. The number of aliphatic carboxylic acids is 1. The van der Waals surface area contributed by atoms with Crippen molar-refractivity contribution >= 4 is 17.7 Å². The van der Waals surface area contributed by atoms with E-state index in [1.807, 2.05) is 19.1 Å². The molecule has 1 aromatic rings. The molecule has 0 heterocycles. The van der Waals surface area contributed by atoms with Crippen molar-refractivity contribution in [2.45, 2.75) is 32.7 Å². The molecule has 0 radical (unpaired) electrons. The van der Waals surface area contributed by atoms with Gasteiger partial charge in [0.1, 0.15) is 6.04 Å². The van der Waals surface area contributed by atoms with E-state index in [2.05, 4.69) is 5.32 Å². The summed E-state index contributed by atoms with van der Waals surface area (Å²) in [5, 5.41) is 10.9. The molecule has 1 aromatic carbocycles. The number of Topliss-reactive ketones (excluding diaryl/α,β-unsaturated/α-hetero) is 1. The zero-order chi connectivity index (χ0) is 14.4. The topological polar surface area (TPSA) is 83.5 Å². The zero-order valence-corrected chi connectivity index (χ0v) is 11.0. The average molecular weight is 263 g/mol. The first-order valence-electron chi connectivity index (χ1n) is 6.02. The highest BCUT2D eigenvalue weighted by atomic mass is 16.4. The van der Waals surface area contributed by atoms with E-state index in [9.17, 15) is 14.4 Å². The van der Waals surface area contributed by atoms with Crippen molar-refractivity contribution in [2.24, 2.45) is 0 Å². The average Bonchev–Trinajstić information content (AvgIpc) is 2.36. The van der Waals surface area contributed by atoms with E-state index in [1.54, 1.807) is 12.1 Å². The van der Waals surface area contributed by atoms with Crippen LogP contribution in [0.2, 0.25) is 0 Å². The lowest BCUT2D eigenvalue weighted by Gasteiger charge is -2.08. The Kier molecular flexibility index (Phi) is 5.23. The van der Waals surface area contributed by atoms with Crippen LogP contribution in [0.3, 0.4) is 0 Å². The van der Waals surface area contributed by atoms with Gasteiger partial charge in [0, 0.05) is 18.4 Å². The van der Waals surface area contributed by atoms with Crippen molar-refractivity contribution in [2.75, 3.05) is 0 Å². The predicted octanol–water partition coefficient (Wildman–Crippen LogP) is 1.55. The van der Waals surface area contributed by atoms with Crippen LogP contribution in [-0.2, 0) is 9.59 Å². The minimum absolute atomic E-state index is 0.00959. The van der Waals surface area contributed by atoms with Gasteiger partial charge in [-0.25, -0.2) is 0 Å². The standard InChI is InChI=1S/C14H17NO4/c1-9-3-5-11(6-4-9)12(16)7-8-13(17)15-10(2)14(18)19/h3-6,10H,7-8H2,1-2H3,(H,15,17)(H,18,19)/t10-/m1/s1. The fourth-order valence-electron chi connectivity index (χ4n) is 1.49. The molecule has 0 aromatic heterocycles. The summed E-state index contributed by atoms with van der Waals surface area (Å²) >= 11 is 0. The number of carbonyl (C=O) groups excluding carboxylic acids is 2. The van der Waals surface area contributed by atoms with Gasteiger partial charge in [-0.1, -0.05) is 29.8 Å². The highest BCUT2D eigenvalue weighted by Crippen LogP contribution is 2.07. The number of aryl methyl sites for hydroxylation is 1. The molecular formula is C14H17NO4. The van der Waals surface area contributed by atoms with E-state index in [1.165, 1.54) is 6.92 Å². The van der Waals surface area contributed by atoms with Crippen molar-refractivity contribution in [1.82, 2.24) is 5.32 Å². The molecule has 19 heavy (non-hydrogen) atoms. The first-order chi connectivity index (χ1) is 8.90. The van der Waals surface area contributed by atoms with Gasteiger partial charge in [-0.2, -0.15) is 0 Å². The molecule has 0 saturated carbocycles. The summed E-state index contributed by atoms with van der Waals surface area (Å²) in [4.78, 5) is 33.7. The van der Waals surface area contributed by atoms with Gasteiger partial charge >= 0.3 is 5.97 Å². The number of carboxylic acid groups (broad SMARTS) is 1. The number of rotatable bonds is 6. The largest absolute Gasteiger partial charge is 0.480 e. The number of hydrogen-bond donors (Lipinski definition) is 2. The second-order valence-corrected chi connectivity index (χ2v) is 4.42. The fraction of sp³-hybridized carbons (Fsp3) is 0.357. The predicted molar refractivity (Wildman–Crippen MR) is 70.0 cm³/mol. The molecular weight excluding hydrogens is 246 g/mol. The monoisotopic (exact) mass is 263 g/mol. The Hall–Kier alpha value is -2.17. The van der Waals surface area contributed by atoms with Crippen LogP contribution in [0.4, 0.5) is 0 Å². The van der Waals surface area contributed by atoms with E-state index in [4.69, 9.17) is 5.11 Å². The molecule has 0 spiro atoms. The molecule has 0 aliphatic rings. The maximum Gasteiger partial charge on any atom is 0.325 e. The van der Waals surface area contributed by atoms with Crippen LogP contribution in [0.25, 0.3) is 0 Å². The van der Waals surface area contributed by atoms with E-state index in [0.717, 1.165) is 5.56 Å².